The number of nitrogens with zero attached hydrogens (tertiary/aromatic N) is 2. The van der Waals surface area contributed by atoms with E-state index in [-0.39, 0.29) is 6.04 Å². The Morgan fingerprint density at radius 1 is 1.57 bits per heavy atom. The van der Waals surface area contributed by atoms with E-state index in [2.05, 4.69) is 20.6 Å². The molecule has 0 aromatic carbocycles. The van der Waals surface area contributed by atoms with E-state index >= 15 is 0 Å². The Hall–Kier alpha value is -1.66. The van der Waals surface area contributed by atoms with E-state index in [1.165, 1.54) is 6.33 Å². The lowest BCUT2D eigenvalue weighted by Crippen LogP contribution is -2.29. The number of aromatic amines is 1. The molecule has 0 spiro atoms. The third-order valence-corrected chi connectivity index (χ3v) is 2.08. The number of H-pyrrole nitrogens is 1. The number of aryl methyl sites for hydroxylation is 1. The molecule has 74 valence electrons. The molecule has 0 aliphatic rings. The van der Waals surface area contributed by atoms with Crippen LogP contribution in [-0.4, -0.2) is 15.2 Å². The quantitative estimate of drug-likeness (QED) is 0.480. The van der Waals surface area contributed by atoms with Gasteiger partial charge in [0.25, 0.3) is 0 Å². The van der Waals surface area contributed by atoms with Crippen molar-refractivity contribution in [2.24, 2.45) is 5.84 Å². The van der Waals surface area contributed by atoms with E-state index in [0.717, 1.165) is 11.1 Å². The van der Waals surface area contributed by atoms with Gasteiger partial charge in [-0.1, -0.05) is 0 Å². The third kappa shape index (κ3) is 1.40. The fraction of sp³-hybridized carbons (Fsp3) is 0.250. The Labute approximate surface area is 80.5 Å². The zero-order chi connectivity index (χ0) is 9.97. The van der Waals surface area contributed by atoms with Crippen LogP contribution < -0.4 is 11.3 Å². The number of aromatic nitrogens is 3. The minimum Gasteiger partial charge on any atom is -0.472 e. The molecule has 0 aliphatic carbocycles. The minimum absolute atomic E-state index is 0.212. The largest absolute Gasteiger partial charge is 0.472 e. The van der Waals surface area contributed by atoms with E-state index < -0.39 is 0 Å². The predicted octanol–water partition coefficient (Wildman–Crippen LogP) is 0.259. The molecule has 4 N–H and O–H groups in total. The van der Waals surface area contributed by atoms with Gasteiger partial charge >= 0.3 is 0 Å². The molecule has 2 rings (SSSR count). The number of rotatable bonds is 3. The average Bonchev–Trinajstić information content (AvgIpc) is 2.80. The van der Waals surface area contributed by atoms with Crippen molar-refractivity contribution in [2.75, 3.05) is 0 Å². The van der Waals surface area contributed by atoms with Crippen molar-refractivity contribution >= 4 is 0 Å². The first-order chi connectivity index (χ1) is 6.83. The Kier molecular flexibility index (Phi) is 2.30. The summed E-state index contributed by atoms with van der Waals surface area (Å²) < 4.78 is 5.07. The SMILES string of the molecule is Cc1cocc1C(NN)c1ncn[nH]1. The van der Waals surface area contributed by atoms with Crippen LogP contribution in [0.1, 0.15) is 23.0 Å². The average molecular weight is 193 g/mol. The van der Waals surface area contributed by atoms with Crippen LogP contribution in [0.3, 0.4) is 0 Å². The highest BCUT2D eigenvalue weighted by atomic mass is 16.3. The summed E-state index contributed by atoms with van der Waals surface area (Å²) in [5.74, 6) is 6.11. The molecule has 0 saturated carbocycles. The molecule has 6 nitrogen and oxygen atoms in total. The summed E-state index contributed by atoms with van der Waals surface area (Å²) >= 11 is 0. The van der Waals surface area contributed by atoms with Crippen LogP contribution in [0, 0.1) is 6.92 Å². The first kappa shape index (κ1) is 8.92. The second kappa shape index (κ2) is 3.60. The van der Waals surface area contributed by atoms with Crippen molar-refractivity contribution in [1.82, 2.24) is 20.6 Å². The Bertz CT molecular complexity index is 394. The van der Waals surface area contributed by atoms with E-state index in [9.17, 15) is 0 Å². The zero-order valence-corrected chi connectivity index (χ0v) is 7.69. The lowest BCUT2D eigenvalue weighted by atomic mass is 10.1. The van der Waals surface area contributed by atoms with Gasteiger partial charge in [0.15, 0.2) is 0 Å². The van der Waals surface area contributed by atoms with Gasteiger partial charge in [-0.15, -0.1) is 0 Å². The maximum atomic E-state index is 5.44. The van der Waals surface area contributed by atoms with Crippen molar-refractivity contribution in [3.63, 3.8) is 0 Å². The first-order valence-corrected chi connectivity index (χ1v) is 4.17. The highest BCUT2D eigenvalue weighted by Crippen LogP contribution is 2.21. The van der Waals surface area contributed by atoms with E-state index in [1.807, 2.05) is 6.92 Å². The number of hydrogen-bond acceptors (Lipinski definition) is 5. The van der Waals surface area contributed by atoms with E-state index in [0.29, 0.717) is 5.82 Å². The fourth-order valence-corrected chi connectivity index (χ4v) is 1.34. The second-order valence-electron chi connectivity index (χ2n) is 2.98. The maximum absolute atomic E-state index is 5.44. The second-order valence-corrected chi connectivity index (χ2v) is 2.98. The van der Waals surface area contributed by atoms with Crippen molar-refractivity contribution in [2.45, 2.75) is 13.0 Å². The molecule has 2 heterocycles. The van der Waals surface area contributed by atoms with Crippen LogP contribution in [0.25, 0.3) is 0 Å². The molecule has 1 atom stereocenters. The highest BCUT2D eigenvalue weighted by molar-refractivity contribution is 5.27. The summed E-state index contributed by atoms with van der Waals surface area (Å²) in [4.78, 5) is 4.03. The van der Waals surface area contributed by atoms with Gasteiger partial charge in [0, 0.05) is 5.56 Å². The Morgan fingerprint density at radius 2 is 2.43 bits per heavy atom. The fourth-order valence-electron chi connectivity index (χ4n) is 1.34. The smallest absolute Gasteiger partial charge is 0.147 e. The molecule has 0 saturated heterocycles. The van der Waals surface area contributed by atoms with Crippen molar-refractivity contribution in [3.8, 4) is 0 Å². The van der Waals surface area contributed by atoms with Crippen molar-refractivity contribution < 1.29 is 4.42 Å². The molecule has 0 fully saturated rings. The third-order valence-electron chi connectivity index (χ3n) is 2.08. The zero-order valence-electron chi connectivity index (χ0n) is 7.69. The van der Waals surface area contributed by atoms with Gasteiger partial charge < -0.3 is 4.42 Å². The van der Waals surface area contributed by atoms with Crippen LogP contribution >= 0.6 is 0 Å². The van der Waals surface area contributed by atoms with Crippen molar-refractivity contribution in [1.29, 1.82) is 0 Å². The summed E-state index contributed by atoms with van der Waals surface area (Å²) in [6.45, 7) is 1.94. The molecule has 2 aromatic heterocycles. The summed E-state index contributed by atoms with van der Waals surface area (Å²) in [7, 11) is 0. The lowest BCUT2D eigenvalue weighted by molar-refractivity contribution is 0.547. The Balaban J connectivity index is 2.36. The van der Waals surface area contributed by atoms with E-state index in [4.69, 9.17) is 10.3 Å². The summed E-state index contributed by atoms with van der Waals surface area (Å²) in [6.07, 6.45) is 4.74. The minimum atomic E-state index is -0.212. The van der Waals surface area contributed by atoms with Gasteiger partial charge in [-0.3, -0.25) is 10.9 Å². The molecule has 2 aromatic rings. The Morgan fingerprint density at radius 3 is 2.93 bits per heavy atom. The number of hydrazine groups is 1. The molecule has 0 amide bonds. The van der Waals surface area contributed by atoms with Crippen LogP contribution in [-0.2, 0) is 0 Å². The topological polar surface area (TPSA) is 92.8 Å². The van der Waals surface area contributed by atoms with Crippen LogP contribution in [0.2, 0.25) is 0 Å². The molecule has 1 unspecified atom stereocenters. The summed E-state index contributed by atoms with van der Waals surface area (Å²) in [6, 6.07) is -0.212. The highest BCUT2D eigenvalue weighted by Gasteiger charge is 2.18. The van der Waals surface area contributed by atoms with Gasteiger partial charge in [0.1, 0.15) is 18.2 Å². The van der Waals surface area contributed by atoms with Gasteiger partial charge in [-0.25, -0.2) is 10.4 Å². The standard InChI is InChI=1S/C8H11N5O/c1-5-2-14-3-6(5)7(12-9)8-10-4-11-13-8/h2-4,7,12H,9H2,1H3,(H,10,11,13). The molecular weight excluding hydrogens is 182 g/mol. The monoisotopic (exact) mass is 193 g/mol. The van der Waals surface area contributed by atoms with Crippen LogP contribution in [0.5, 0.6) is 0 Å². The number of hydrogen-bond donors (Lipinski definition) is 3. The summed E-state index contributed by atoms with van der Waals surface area (Å²) in [5.41, 5.74) is 4.62. The molecule has 0 radical (unpaired) electrons. The van der Waals surface area contributed by atoms with Gasteiger partial charge in [-0.2, -0.15) is 5.10 Å². The molecule has 14 heavy (non-hydrogen) atoms. The molecular formula is C8H11N5O. The van der Waals surface area contributed by atoms with E-state index in [1.54, 1.807) is 12.5 Å². The predicted molar refractivity (Wildman–Crippen MR) is 49.0 cm³/mol. The molecule has 0 bridgehead atoms. The van der Waals surface area contributed by atoms with Crippen molar-refractivity contribution in [3.05, 3.63) is 35.8 Å². The van der Waals surface area contributed by atoms with Gasteiger partial charge in [-0.05, 0) is 12.5 Å². The van der Waals surface area contributed by atoms with Gasteiger partial charge in [0.05, 0.1) is 12.5 Å². The van der Waals surface area contributed by atoms with Crippen LogP contribution in [0.4, 0.5) is 0 Å². The number of nitrogens with one attached hydrogen (secondary N) is 2. The maximum Gasteiger partial charge on any atom is 0.147 e. The first-order valence-electron chi connectivity index (χ1n) is 4.17. The van der Waals surface area contributed by atoms with Gasteiger partial charge in [0.2, 0.25) is 0 Å². The van der Waals surface area contributed by atoms with Crippen LogP contribution in [0.15, 0.2) is 23.3 Å². The number of nitrogens with two attached hydrogens (primary N) is 1. The lowest BCUT2D eigenvalue weighted by Gasteiger charge is -2.11. The number of furan rings is 1. The molecule has 0 aliphatic heterocycles. The normalized spacial score (nSPS) is 13.0. The summed E-state index contributed by atoms with van der Waals surface area (Å²) in [5, 5.41) is 6.53. The molecule has 6 heteroatoms.